The van der Waals surface area contributed by atoms with E-state index in [1.165, 1.54) is 17.7 Å². The van der Waals surface area contributed by atoms with Gasteiger partial charge in [-0.05, 0) is 44.0 Å². The van der Waals surface area contributed by atoms with Crippen molar-refractivity contribution in [3.05, 3.63) is 64.7 Å². The Bertz CT molecular complexity index is 593. The van der Waals surface area contributed by atoms with Gasteiger partial charge in [0.25, 0.3) is 0 Å². The first kappa shape index (κ1) is 13.5. The maximum absolute atomic E-state index is 13.7. The van der Waals surface area contributed by atoms with Crippen molar-refractivity contribution in [3.63, 3.8) is 0 Å². The lowest BCUT2D eigenvalue weighted by molar-refractivity contribution is 0.566. The summed E-state index contributed by atoms with van der Waals surface area (Å²) in [5, 5.41) is 3.27. The van der Waals surface area contributed by atoms with Gasteiger partial charge in [0.15, 0.2) is 0 Å². The summed E-state index contributed by atoms with van der Waals surface area (Å²) >= 11 is 0. The van der Waals surface area contributed by atoms with Gasteiger partial charge in [-0.15, -0.1) is 0 Å². The molecule has 1 atom stereocenters. The van der Waals surface area contributed by atoms with Gasteiger partial charge in [0, 0.05) is 17.3 Å². The Labute approximate surface area is 112 Å². The minimum absolute atomic E-state index is 0.221. The van der Waals surface area contributed by atoms with E-state index >= 15 is 0 Å². The van der Waals surface area contributed by atoms with Crippen LogP contribution in [0.5, 0.6) is 0 Å². The average molecular weight is 261 g/mol. The smallest absolute Gasteiger partial charge is 0.131 e. The zero-order valence-electron chi connectivity index (χ0n) is 11.3. The van der Waals surface area contributed by atoms with E-state index < -0.39 is 11.6 Å². The van der Waals surface area contributed by atoms with Crippen LogP contribution >= 0.6 is 0 Å². The first-order valence-corrected chi connectivity index (χ1v) is 6.26. The van der Waals surface area contributed by atoms with Crippen molar-refractivity contribution in [1.82, 2.24) is 0 Å². The fourth-order valence-corrected chi connectivity index (χ4v) is 2.07. The van der Waals surface area contributed by atoms with Crippen LogP contribution in [-0.4, -0.2) is 0 Å². The maximum atomic E-state index is 13.7. The molecule has 2 aromatic carbocycles. The van der Waals surface area contributed by atoms with Gasteiger partial charge in [0.1, 0.15) is 11.6 Å². The van der Waals surface area contributed by atoms with Crippen LogP contribution in [-0.2, 0) is 0 Å². The number of nitrogens with one attached hydrogen (secondary N) is 1. The van der Waals surface area contributed by atoms with Gasteiger partial charge in [-0.2, -0.15) is 0 Å². The number of hydrogen-bond acceptors (Lipinski definition) is 1. The van der Waals surface area contributed by atoms with Gasteiger partial charge < -0.3 is 5.32 Å². The second-order valence-electron chi connectivity index (χ2n) is 4.78. The molecule has 0 aliphatic carbocycles. The van der Waals surface area contributed by atoms with Crippen molar-refractivity contribution in [3.8, 4) is 0 Å². The number of aryl methyl sites for hydroxylation is 1. The highest BCUT2D eigenvalue weighted by Gasteiger charge is 2.12. The van der Waals surface area contributed by atoms with Gasteiger partial charge in [0.05, 0.1) is 6.04 Å². The Morgan fingerprint density at radius 3 is 2.47 bits per heavy atom. The molecule has 0 aliphatic rings. The van der Waals surface area contributed by atoms with Crippen molar-refractivity contribution in [1.29, 1.82) is 0 Å². The summed E-state index contributed by atoms with van der Waals surface area (Å²) in [7, 11) is 0. The lowest BCUT2D eigenvalue weighted by atomic mass is 10.0. The number of anilines is 1. The molecule has 1 unspecified atom stereocenters. The van der Waals surface area contributed by atoms with Gasteiger partial charge in [-0.3, -0.25) is 0 Å². The van der Waals surface area contributed by atoms with Crippen LogP contribution in [0.15, 0.2) is 36.4 Å². The first-order valence-electron chi connectivity index (χ1n) is 6.26. The summed E-state index contributed by atoms with van der Waals surface area (Å²) in [5.41, 5.74) is 3.74. The molecule has 0 amide bonds. The lowest BCUT2D eigenvalue weighted by Gasteiger charge is -2.19. The Balaban J connectivity index is 2.25. The second-order valence-corrected chi connectivity index (χ2v) is 4.78. The van der Waals surface area contributed by atoms with E-state index in [-0.39, 0.29) is 6.04 Å². The molecule has 0 spiro atoms. The van der Waals surface area contributed by atoms with Gasteiger partial charge in [-0.1, -0.05) is 18.2 Å². The summed E-state index contributed by atoms with van der Waals surface area (Å²) in [6.07, 6.45) is 0. The zero-order valence-corrected chi connectivity index (χ0v) is 11.3. The van der Waals surface area contributed by atoms with Gasteiger partial charge in [-0.25, -0.2) is 8.78 Å². The summed E-state index contributed by atoms with van der Waals surface area (Å²) in [6, 6.07) is 9.40. The molecule has 2 rings (SSSR count). The van der Waals surface area contributed by atoms with Crippen LogP contribution in [0, 0.1) is 25.5 Å². The molecule has 2 aromatic rings. The number of rotatable bonds is 3. The van der Waals surface area contributed by atoms with Crippen molar-refractivity contribution < 1.29 is 8.78 Å². The Kier molecular flexibility index (Phi) is 3.84. The fraction of sp³-hybridized carbons (Fsp3) is 0.250. The van der Waals surface area contributed by atoms with Crippen molar-refractivity contribution in [2.24, 2.45) is 0 Å². The molecule has 0 fully saturated rings. The molecular formula is C16H17F2N. The molecule has 19 heavy (non-hydrogen) atoms. The molecule has 100 valence electrons. The highest BCUT2D eigenvalue weighted by Crippen LogP contribution is 2.25. The summed E-state index contributed by atoms with van der Waals surface area (Å²) in [6.45, 7) is 5.91. The Hall–Kier alpha value is -1.90. The van der Waals surface area contributed by atoms with Gasteiger partial charge in [0.2, 0.25) is 0 Å². The topological polar surface area (TPSA) is 12.0 Å². The van der Waals surface area contributed by atoms with Crippen LogP contribution < -0.4 is 5.32 Å². The van der Waals surface area contributed by atoms with Crippen LogP contribution in [0.2, 0.25) is 0 Å². The highest BCUT2D eigenvalue weighted by molar-refractivity contribution is 5.55. The highest BCUT2D eigenvalue weighted by atomic mass is 19.1. The predicted molar refractivity (Wildman–Crippen MR) is 74.3 cm³/mol. The van der Waals surface area contributed by atoms with Crippen LogP contribution in [0.4, 0.5) is 14.5 Å². The van der Waals surface area contributed by atoms with Crippen LogP contribution in [0.3, 0.4) is 0 Å². The van der Waals surface area contributed by atoms with Crippen molar-refractivity contribution in [2.75, 3.05) is 5.32 Å². The molecule has 0 aromatic heterocycles. The van der Waals surface area contributed by atoms with E-state index in [2.05, 4.69) is 5.32 Å². The minimum Gasteiger partial charge on any atom is -0.378 e. The molecule has 0 saturated carbocycles. The quantitative estimate of drug-likeness (QED) is 0.840. The molecule has 0 saturated heterocycles. The lowest BCUT2D eigenvalue weighted by Crippen LogP contribution is -2.10. The molecule has 1 nitrogen and oxygen atoms in total. The minimum atomic E-state index is -0.555. The van der Waals surface area contributed by atoms with Gasteiger partial charge >= 0.3 is 0 Å². The van der Waals surface area contributed by atoms with E-state index in [0.717, 1.165) is 17.3 Å². The Morgan fingerprint density at radius 1 is 1.05 bits per heavy atom. The molecular weight excluding hydrogens is 244 g/mol. The zero-order chi connectivity index (χ0) is 14.0. The average Bonchev–Trinajstić information content (AvgIpc) is 2.34. The molecule has 0 bridgehead atoms. The SMILES string of the molecule is Cc1cccc(NC(C)c2ccc(F)cc2F)c1C. The molecule has 3 heteroatoms. The third kappa shape index (κ3) is 2.92. The predicted octanol–water partition coefficient (Wildman–Crippen LogP) is 4.75. The number of benzene rings is 2. The summed E-state index contributed by atoms with van der Waals surface area (Å²) < 4.78 is 26.6. The standard InChI is InChI=1S/C16H17F2N/c1-10-5-4-6-16(11(10)2)19-12(3)14-8-7-13(17)9-15(14)18/h4-9,12,19H,1-3H3. The van der Waals surface area contributed by atoms with E-state index in [4.69, 9.17) is 0 Å². The van der Waals surface area contributed by atoms with E-state index in [1.807, 2.05) is 39.0 Å². The second kappa shape index (κ2) is 5.39. The van der Waals surface area contributed by atoms with Crippen LogP contribution in [0.25, 0.3) is 0 Å². The number of halogens is 2. The molecule has 0 aliphatic heterocycles. The van der Waals surface area contributed by atoms with E-state index in [0.29, 0.717) is 5.56 Å². The van der Waals surface area contributed by atoms with E-state index in [1.54, 1.807) is 0 Å². The largest absolute Gasteiger partial charge is 0.378 e. The third-order valence-corrected chi connectivity index (χ3v) is 3.41. The maximum Gasteiger partial charge on any atom is 0.131 e. The first-order chi connectivity index (χ1) is 8.99. The van der Waals surface area contributed by atoms with E-state index in [9.17, 15) is 8.78 Å². The fourth-order valence-electron chi connectivity index (χ4n) is 2.07. The van der Waals surface area contributed by atoms with Crippen LogP contribution in [0.1, 0.15) is 29.7 Å². The number of hydrogen-bond donors (Lipinski definition) is 1. The Morgan fingerprint density at radius 2 is 1.79 bits per heavy atom. The molecule has 0 radical (unpaired) electrons. The summed E-state index contributed by atoms with van der Waals surface area (Å²) in [4.78, 5) is 0. The van der Waals surface area contributed by atoms with Crippen molar-refractivity contribution in [2.45, 2.75) is 26.8 Å². The third-order valence-electron chi connectivity index (χ3n) is 3.41. The molecule has 0 heterocycles. The summed E-state index contributed by atoms with van der Waals surface area (Å²) in [5.74, 6) is -1.08. The monoisotopic (exact) mass is 261 g/mol. The molecule has 1 N–H and O–H groups in total. The normalized spacial score (nSPS) is 12.3. The van der Waals surface area contributed by atoms with Crippen molar-refractivity contribution >= 4 is 5.69 Å².